The van der Waals surface area contributed by atoms with Crippen LogP contribution in [0.1, 0.15) is 72.6 Å². The van der Waals surface area contributed by atoms with Gasteiger partial charge in [-0.2, -0.15) is 0 Å². The summed E-state index contributed by atoms with van der Waals surface area (Å²) in [6.45, 7) is 10.3. The summed E-state index contributed by atoms with van der Waals surface area (Å²) in [4.78, 5) is 0. The molecule has 0 bridgehead atoms. The summed E-state index contributed by atoms with van der Waals surface area (Å²) in [6.07, 6.45) is 13.0. The molecule has 2 aliphatic heterocycles. The Kier molecular flexibility index (Phi) is 7.32. The van der Waals surface area contributed by atoms with Crippen LogP contribution in [-0.2, 0) is 14.2 Å². The maximum atomic E-state index is 5.74. The van der Waals surface area contributed by atoms with E-state index in [1.165, 1.54) is 24.0 Å². The lowest BCUT2D eigenvalue weighted by molar-refractivity contribution is -0.155. The fourth-order valence-electron chi connectivity index (χ4n) is 2.99. The van der Waals surface area contributed by atoms with Gasteiger partial charge in [0.05, 0.1) is 18.3 Å². The second kappa shape index (κ2) is 9.00. The van der Waals surface area contributed by atoms with E-state index in [0.29, 0.717) is 12.7 Å². The summed E-state index contributed by atoms with van der Waals surface area (Å²) in [6, 6.07) is 0. The Morgan fingerprint density at radius 1 is 1.13 bits per heavy atom. The summed E-state index contributed by atoms with van der Waals surface area (Å²) in [5, 5.41) is 0. The Hall–Kier alpha value is -0.640. The number of epoxide rings is 1. The third-order valence-electron chi connectivity index (χ3n) is 4.85. The zero-order chi connectivity index (χ0) is 16.7. The Morgan fingerprint density at radius 2 is 1.87 bits per heavy atom. The monoisotopic (exact) mass is 322 g/mol. The molecule has 2 unspecified atom stereocenters. The van der Waals surface area contributed by atoms with Crippen LogP contribution in [0.3, 0.4) is 0 Å². The summed E-state index contributed by atoms with van der Waals surface area (Å²) >= 11 is 0. The molecule has 3 nitrogen and oxygen atoms in total. The van der Waals surface area contributed by atoms with Crippen LogP contribution in [0.2, 0.25) is 0 Å². The highest BCUT2D eigenvalue weighted by atomic mass is 16.7. The SMILES string of the molecule is C/C(=C/COC1CCCCO1)CC/C=C(\C)CCC1OC1(C)C. The van der Waals surface area contributed by atoms with Crippen molar-refractivity contribution >= 4 is 0 Å². The average Bonchev–Trinajstić information content (AvgIpc) is 3.13. The smallest absolute Gasteiger partial charge is 0.157 e. The first-order valence-corrected chi connectivity index (χ1v) is 9.19. The van der Waals surface area contributed by atoms with E-state index in [1.807, 2.05) is 0 Å². The van der Waals surface area contributed by atoms with E-state index in [2.05, 4.69) is 39.8 Å². The lowest BCUT2D eigenvalue weighted by Gasteiger charge is -2.22. The van der Waals surface area contributed by atoms with Crippen LogP contribution in [0, 0.1) is 0 Å². The second-order valence-electron chi connectivity index (χ2n) is 7.52. The molecule has 23 heavy (non-hydrogen) atoms. The zero-order valence-electron chi connectivity index (χ0n) is 15.4. The first kappa shape index (κ1) is 18.7. The highest BCUT2D eigenvalue weighted by Gasteiger charge is 2.46. The second-order valence-corrected chi connectivity index (χ2v) is 7.52. The molecule has 0 N–H and O–H groups in total. The minimum Gasteiger partial charge on any atom is -0.367 e. The quantitative estimate of drug-likeness (QED) is 0.434. The fraction of sp³-hybridized carbons (Fsp3) is 0.800. The van der Waals surface area contributed by atoms with Gasteiger partial charge in [-0.15, -0.1) is 0 Å². The number of hydrogen-bond acceptors (Lipinski definition) is 3. The third kappa shape index (κ3) is 7.19. The summed E-state index contributed by atoms with van der Waals surface area (Å²) in [5.74, 6) is 0. The van der Waals surface area contributed by atoms with Gasteiger partial charge in [0.1, 0.15) is 0 Å². The van der Waals surface area contributed by atoms with Gasteiger partial charge >= 0.3 is 0 Å². The van der Waals surface area contributed by atoms with E-state index in [9.17, 15) is 0 Å². The van der Waals surface area contributed by atoms with Crippen molar-refractivity contribution in [3.63, 3.8) is 0 Å². The van der Waals surface area contributed by atoms with E-state index >= 15 is 0 Å². The molecule has 2 fully saturated rings. The van der Waals surface area contributed by atoms with Gasteiger partial charge in [0.2, 0.25) is 0 Å². The van der Waals surface area contributed by atoms with Gasteiger partial charge < -0.3 is 14.2 Å². The van der Waals surface area contributed by atoms with Crippen LogP contribution >= 0.6 is 0 Å². The van der Waals surface area contributed by atoms with E-state index in [-0.39, 0.29) is 11.9 Å². The molecular weight excluding hydrogens is 288 g/mol. The topological polar surface area (TPSA) is 31.0 Å². The fourth-order valence-corrected chi connectivity index (χ4v) is 2.99. The number of allylic oxidation sites excluding steroid dienone is 3. The van der Waals surface area contributed by atoms with Crippen molar-refractivity contribution in [2.45, 2.75) is 90.6 Å². The molecule has 0 aromatic carbocycles. The average molecular weight is 322 g/mol. The van der Waals surface area contributed by atoms with Crippen LogP contribution in [0.5, 0.6) is 0 Å². The first-order chi connectivity index (χ1) is 11.0. The highest BCUT2D eigenvalue weighted by Crippen LogP contribution is 2.38. The molecule has 0 amide bonds. The predicted molar refractivity (Wildman–Crippen MR) is 94.5 cm³/mol. The van der Waals surface area contributed by atoms with Crippen LogP contribution < -0.4 is 0 Å². The van der Waals surface area contributed by atoms with E-state index in [0.717, 1.165) is 38.7 Å². The lowest BCUT2D eigenvalue weighted by atomic mass is 10.0. The number of rotatable bonds is 9. The van der Waals surface area contributed by atoms with Crippen molar-refractivity contribution in [1.82, 2.24) is 0 Å². The van der Waals surface area contributed by atoms with Crippen molar-refractivity contribution in [1.29, 1.82) is 0 Å². The van der Waals surface area contributed by atoms with Gasteiger partial charge in [0.15, 0.2) is 6.29 Å². The molecule has 2 atom stereocenters. The largest absolute Gasteiger partial charge is 0.367 e. The molecule has 0 saturated carbocycles. The zero-order valence-corrected chi connectivity index (χ0v) is 15.4. The molecular formula is C20H34O3. The van der Waals surface area contributed by atoms with E-state index in [4.69, 9.17) is 14.2 Å². The van der Waals surface area contributed by atoms with Crippen LogP contribution in [0.15, 0.2) is 23.3 Å². The van der Waals surface area contributed by atoms with Crippen LogP contribution in [0.4, 0.5) is 0 Å². The molecule has 3 heteroatoms. The molecule has 0 aromatic rings. The first-order valence-electron chi connectivity index (χ1n) is 9.19. The maximum Gasteiger partial charge on any atom is 0.157 e. The van der Waals surface area contributed by atoms with Crippen LogP contribution in [-0.4, -0.2) is 31.2 Å². The molecule has 2 heterocycles. The molecule has 0 spiro atoms. The van der Waals surface area contributed by atoms with E-state index in [1.54, 1.807) is 0 Å². The van der Waals surface area contributed by atoms with Crippen molar-refractivity contribution in [2.24, 2.45) is 0 Å². The Labute approximate surface area is 142 Å². The van der Waals surface area contributed by atoms with Gasteiger partial charge in [-0.1, -0.05) is 23.3 Å². The van der Waals surface area contributed by atoms with Crippen molar-refractivity contribution in [3.8, 4) is 0 Å². The standard InChI is InChI=1S/C20H34O3/c1-16(11-12-18-20(3,4)23-18)8-7-9-17(2)13-15-22-19-10-5-6-14-21-19/h8,13,18-19H,5-7,9-12,14-15H2,1-4H3/b16-8+,17-13-. The van der Waals surface area contributed by atoms with Gasteiger partial charge in [-0.05, 0) is 72.6 Å². The summed E-state index contributed by atoms with van der Waals surface area (Å²) in [5.41, 5.74) is 3.01. The normalized spacial score (nSPS) is 28.0. The summed E-state index contributed by atoms with van der Waals surface area (Å²) < 4.78 is 16.9. The molecule has 0 aliphatic carbocycles. The third-order valence-corrected chi connectivity index (χ3v) is 4.85. The lowest BCUT2D eigenvalue weighted by Crippen LogP contribution is -2.22. The maximum absolute atomic E-state index is 5.74. The van der Waals surface area contributed by atoms with E-state index < -0.39 is 0 Å². The number of hydrogen-bond donors (Lipinski definition) is 0. The Bertz CT molecular complexity index is 417. The minimum atomic E-state index is 0.0174. The van der Waals surface area contributed by atoms with Gasteiger partial charge in [-0.3, -0.25) is 0 Å². The van der Waals surface area contributed by atoms with Gasteiger partial charge in [-0.25, -0.2) is 0 Å². The molecule has 0 aromatic heterocycles. The van der Waals surface area contributed by atoms with Crippen molar-refractivity contribution in [2.75, 3.05) is 13.2 Å². The Balaban J connectivity index is 1.54. The summed E-state index contributed by atoms with van der Waals surface area (Å²) in [7, 11) is 0. The van der Waals surface area contributed by atoms with Crippen molar-refractivity contribution in [3.05, 3.63) is 23.3 Å². The molecule has 2 saturated heterocycles. The van der Waals surface area contributed by atoms with Crippen LogP contribution in [0.25, 0.3) is 0 Å². The Morgan fingerprint density at radius 3 is 2.52 bits per heavy atom. The highest BCUT2D eigenvalue weighted by molar-refractivity contribution is 5.05. The molecule has 2 aliphatic rings. The van der Waals surface area contributed by atoms with Crippen molar-refractivity contribution < 1.29 is 14.2 Å². The number of ether oxygens (including phenoxy) is 3. The molecule has 2 rings (SSSR count). The predicted octanol–water partition coefficient (Wildman–Crippen LogP) is 5.16. The minimum absolute atomic E-state index is 0.0174. The molecule has 132 valence electrons. The molecule has 0 radical (unpaired) electrons. The van der Waals surface area contributed by atoms with Gasteiger partial charge in [0.25, 0.3) is 0 Å². The van der Waals surface area contributed by atoms with Gasteiger partial charge in [0, 0.05) is 6.61 Å².